The molecule has 1 N–H and O–H groups in total. The molecular weight excluding hydrogens is 416 g/mol. The summed E-state index contributed by atoms with van der Waals surface area (Å²) in [6.07, 6.45) is 0.250. The molecule has 4 aromatic rings. The number of hydrogen-bond acceptors (Lipinski definition) is 4. The molecule has 0 aliphatic carbocycles. The van der Waals surface area contributed by atoms with E-state index in [0.29, 0.717) is 6.61 Å². The molecule has 0 spiro atoms. The Morgan fingerprint density at radius 3 is 2.41 bits per heavy atom. The molecule has 1 amide bonds. The Morgan fingerprint density at radius 2 is 1.66 bits per heavy atom. The summed E-state index contributed by atoms with van der Waals surface area (Å²) >= 11 is 1.53. The number of rotatable bonds is 8. The second kappa shape index (κ2) is 10.2. The third kappa shape index (κ3) is 5.24. The number of aromatic nitrogens is 1. The lowest BCUT2D eigenvalue weighted by molar-refractivity contribution is -0.121. The normalized spacial score (nSPS) is 11.7. The van der Waals surface area contributed by atoms with Crippen LogP contribution in [0.5, 0.6) is 5.75 Å². The summed E-state index contributed by atoms with van der Waals surface area (Å²) in [6, 6.07) is 26.4. The number of nitrogens with one attached hydrogen (secondary N) is 1. The van der Waals surface area contributed by atoms with Crippen LogP contribution in [0.15, 0.2) is 84.2 Å². The van der Waals surface area contributed by atoms with Gasteiger partial charge in [-0.1, -0.05) is 66.7 Å². The van der Waals surface area contributed by atoms with E-state index in [1.807, 2.05) is 61.7 Å². The molecule has 0 saturated carbocycles. The van der Waals surface area contributed by atoms with Gasteiger partial charge >= 0.3 is 0 Å². The highest BCUT2D eigenvalue weighted by Gasteiger charge is 2.14. The van der Waals surface area contributed by atoms with Gasteiger partial charge in [-0.2, -0.15) is 0 Å². The van der Waals surface area contributed by atoms with Crippen LogP contribution in [0, 0.1) is 0 Å². The van der Waals surface area contributed by atoms with Gasteiger partial charge in [0.25, 0.3) is 0 Å². The highest BCUT2D eigenvalue weighted by Crippen LogP contribution is 2.32. The number of para-hydroxylation sites is 1. The maximum Gasteiger partial charge on any atom is 0.226 e. The Morgan fingerprint density at radius 1 is 0.969 bits per heavy atom. The molecular formula is C27H26N2O2S. The van der Waals surface area contributed by atoms with Crippen LogP contribution < -0.4 is 10.1 Å². The van der Waals surface area contributed by atoms with Gasteiger partial charge in [-0.25, -0.2) is 4.98 Å². The number of nitrogens with zero attached hydrogens (tertiary/aromatic N) is 1. The van der Waals surface area contributed by atoms with Gasteiger partial charge in [-0.05, 0) is 42.7 Å². The second-order valence-electron chi connectivity index (χ2n) is 7.53. The lowest BCUT2D eigenvalue weighted by atomic mass is 10.0. The Hall–Kier alpha value is -3.44. The Kier molecular flexibility index (Phi) is 6.97. The fourth-order valence-electron chi connectivity index (χ4n) is 3.57. The minimum atomic E-state index is -0.0795. The first-order valence-electron chi connectivity index (χ1n) is 10.8. The molecule has 1 atom stereocenters. The molecule has 0 radical (unpaired) electrons. The zero-order valence-corrected chi connectivity index (χ0v) is 19.1. The smallest absolute Gasteiger partial charge is 0.226 e. The number of thiazole rings is 1. The van der Waals surface area contributed by atoms with E-state index in [9.17, 15) is 4.79 Å². The monoisotopic (exact) mass is 442 g/mol. The van der Waals surface area contributed by atoms with Crippen molar-refractivity contribution in [1.82, 2.24) is 10.3 Å². The van der Waals surface area contributed by atoms with Crippen molar-refractivity contribution in [3.05, 3.63) is 95.5 Å². The third-order valence-electron chi connectivity index (χ3n) is 5.21. The van der Waals surface area contributed by atoms with E-state index in [4.69, 9.17) is 4.74 Å². The maximum atomic E-state index is 12.6. The van der Waals surface area contributed by atoms with E-state index in [1.165, 1.54) is 16.9 Å². The van der Waals surface area contributed by atoms with E-state index in [0.717, 1.165) is 33.1 Å². The summed E-state index contributed by atoms with van der Waals surface area (Å²) in [5, 5.41) is 5.89. The summed E-state index contributed by atoms with van der Waals surface area (Å²) in [4.78, 5) is 17.3. The first kappa shape index (κ1) is 21.8. The van der Waals surface area contributed by atoms with Crippen molar-refractivity contribution in [1.29, 1.82) is 0 Å². The number of hydrogen-bond donors (Lipinski definition) is 1. The largest absolute Gasteiger partial charge is 0.493 e. The van der Waals surface area contributed by atoms with Gasteiger partial charge in [0.15, 0.2) is 0 Å². The van der Waals surface area contributed by atoms with Crippen molar-refractivity contribution < 1.29 is 9.53 Å². The summed E-state index contributed by atoms with van der Waals surface area (Å²) < 4.78 is 5.71. The highest BCUT2D eigenvalue weighted by atomic mass is 32.1. The van der Waals surface area contributed by atoms with Crippen molar-refractivity contribution in [3.63, 3.8) is 0 Å². The van der Waals surface area contributed by atoms with E-state index < -0.39 is 0 Å². The summed E-state index contributed by atoms with van der Waals surface area (Å²) in [7, 11) is 0. The van der Waals surface area contributed by atoms with Crippen molar-refractivity contribution in [2.24, 2.45) is 0 Å². The van der Waals surface area contributed by atoms with Gasteiger partial charge in [0.05, 0.1) is 30.3 Å². The average Bonchev–Trinajstić information content (AvgIpc) is 3.28. The van der Waals surface area contributed by atoms with Gasteiger partial charge < -0.3 is 10.1 Å². The summed E-state index contributed by atoms with van der Waals surface area (Å²) in [5.41, 5.74) is 5.14. The van der Waals surface area contributed by atoms with E-state index in [2.05, 4.69) is 46.7 Å². The van der Waals surface area contributed by atoms with Crippen LogP contribution >= 0.6 is 11.3 Å². The molecule has 32 heavy (non-hydrogen) atoms. The molecule has 0 bridgehead atoms. The van der Waals surface area contributed by atoms with Crippen LogP contribution in [0.1, 0.15) is 31.1 Å². The number of ether oxygens (including phenoxy) is 1. The van der Waals surface area contributed by atoms with Crippen molar-refractivity contribution in [3.8, 4) is 27.4 Å². The van der Waals surface area contributed by atoms with Gasteiger partial charge in [0, 0.05) is 5.38 Å². The van der Waals surface area contributed by atoms with Gasteiger partial charge in [0.1, 0.15) is 10.8 Å². The third-order valence-corrected chi connectivity index (χ3v) is 6.13. The highest BCUT2D eigenvalue weighted by molar-refractivity contribution is 7.13. The second-order valence-corrected chi connectivity index (χ2v) is 8.39. The first-order valence-corrected chi connectivity index (χ1v) is 11.6. The van der Waals surface area contributed by atoms with Crippen LogP contribution in [0.3, 0.4) is 0 Å². The fourth-order valence-corrected chi connectivity index (χ4v) is 4.42. The predicted molar refractivity (Wildman–Crippen MR) is 131 cm³/mol. The number of benzene rings is 3. The molecule has 0 saturated heterocycles. The molecule has 1 heterocycles. The minimum absolute atomic E-state index is 0.0421. The molecule has 1 unspecified atom stereocenters. The fraction of sp³-hybridized carbons (Fsp3) is 0.185. The molecule has 0 fully saturated rings. The molecule has 1 aromatic heterocycles. The Bertz CT molecular complexity index is 1170. The zero-order valence-electron chi connectivity index (χ0n) is 18.2. The van der Waals surface area contributed by atoms with Gasteiger partial charge in [-0.3, -0.25) is 4.79 Å². The molecule has 5 heteroatoms. The average molecular weight is 443 g/mol. The molecule has 162 valence electrons. The quantitative estimate of drug-likeness (QED) is 0.349. The van der Waals surface area contributed by atoms with Gasteiger partial charge in [0.2, 0.25) is 5.91 Å². The molecule has 4 rings (SSSR count). The molecule has 3 aromatic carbocycles. The summed E-state index contributed by atoms with van der Waals surface area (Å²) in [5.74, 6) is 0.771. The van der Waals surface area contributed by atoms with Crippen LogP contribution in [0.4, 0.5) is 0 Å². The molecule has 4 nitrogen and oxygen atoms in total. The van der Waals surface area contributed by atoms with Crippen LogP contribution in [0.2, 0.25) is 0 Å². The van der Waals surface area contributed by atoms with Crippen LogP contribution in [-0.2, 0) is 11.2 Å². The molecule has 0 aliphatic rings. The van der Waals surface area contributed by atoms with Crippen LogP contribution in [0.25, 0.3) is 21.7 Å². The van der Waals surface area contributed by atoms with E-state index >= 15 is 0 Å². The Labute approximate surface area is 192 Å². The lowest BCUT2D eigenvalue weighted by Crippen LogP contribution is -2.28. The van der Waals surface area contributed by atoms with Crippen LogP contribution in [-0.4, -0.2) is 17.5 Å². The SMILES string of the molecule is CCOc1ccccc1-c1nc(CC(=O)NC(C)c2ccc(-c3ccccc3)cc2)cs1. The standard InChI is InChI=1S/C27H26N2O2S/c1-3-31-25-12-8-7-11-24(25)27-29-23(18-32-27)17-26(30)28-19(2)20-13-15-22(16-14-20)21-9-5-4-6-10-21/h4-16,18-19H,3,17H2,1-2H3,(H,28,30). The van der Waals surface area contributed by atoms with E-state index in [-0.39, 0.29) is 18.4 Å². The number of carbonyl (C=O) groups excluding carboxylic acids is 1. The maximum absolute atomic E-state index is 12.6. The van der Waals surface area contributed by atoms with E-state index in [1.54, 1.807) is 0 Å². The van der Waals surface area contributed by atoms with Crippen molar-refractivity contribution in [2.75, 3.05) is 6.61 Å². The van der Waals surface area contributed by atoms with Crippen molar-refractivity contribution >= 4 is 17.2 Å². The topological polar surface area (TPSA) is 51.2 Å². The lowest BCUT2D eigenvalue weighted by Gasteiger charge is -2.14. The molecule has 0 aliphatic heterocycles. The predicted octanol–water partition coefficient (Wildman–Crippen LogP) is 6.30. The zero-order chi connectivity index (χ0) is 22.3. The number of amides is 1. The first-order chi connectivity index (χ1) is 15.6. The number of carbonyl (C=O) groups is 1. The van der Waals surface area contributed by atoms with Gasteiger partial charge in [-0.15, -0.1) is 11.3 Å². The summed E-state index contributed by atoms with van der Waals surface area (Å²) in [6.45, 7) is 4.56. The van der Waals surface area contributed by atoms with Crippen molar-refractivity contribution in [2.45, 2.75) is 26.3 Å². The Balaban J connectivity index is 1.38. The minimum Gasteiger partial charge on any atom is -0.493 e.